The zero-order valence-electron chi connectivity index (χ0n) is 12.7. The summed E-state index contributed by atoms with van der Waals surface area (Å²) in [5.41, 5.74) is 2.35. The van der Waals surface area contributed by atoms with Gasteiger partial charge in [0.2, 0.25) is 0 Å². The summed E-state index contributed by atoms with van der Waals surface area (Å²) in [6.07, 6.45) is 0. The quantitative estimate of drug-likeness (QED) is 0.778. The van der Waals surface area contributed by atoms with Crippen molar-refractivity contribution in [2.24, 2.45) is 7.05 Å². The maximum absolute atomic E-state index is 13.5. The third-order valence-electron chi connectivity index (χ3n) is 3.68. The van der Waals surface area contributed by atoms with Crippen LogP contribution in [-0.2, 0) is 20.1 Å². The number of carbonyl (C=O) groups is 1. The summed E-state index contributed by atoms with van der Waals surface area (Å²) in [5, 5.41) is 5.37. The summed E-state index contributed by atoms with van der Waals surface area (Å²) in [6.45, 7) is 0.440. The van der Waals surface area contributed by atoms with Gasteiger partial charge < -0.3 is 15.2 Å². The number of carbonyl (C=O) groups excluding carboxylic acids is 1. The molecule has 0 atom stereocenters. The fourth-order valence-corrected chi connectivity index (χ4v) is 2.39. The Bertz CT molecular complexity index is 843. The number of urea groups is 1. The molecule has 2 amide bonds. The number of rotatable bonds is 4. The van der Waals surface area contributed by atoms with E-state index in [2.05, 4.69) is 15.6 Å². The van der Waals surface area contributed by atoms with Gasteiger partial charge in [-0.1, -0.05) is 30.3 Å². The van der Waals surface area contributed by atoms with Crippen LogP contribution in [0.2, 0.25) is 0 Å². The van der Waals surface area contributed by atoms with Gasteiger partial charge in [0.15, 0.2) is 0 Å². The molecule has 0 saturated heterocycles. The van der Waals surface area contributed by atoms with Gasteiger partial charge in [0.1, 0.15) is 11.6 Å². The molecule has 23 heavy (non-hydrogen) atoms. The van der Waals surface area contributed by atoms with Gasteiger partial charge in [0, 0.05) is 19.2 Å². The minimum atomic E-state index is -0.361. The first kappa shape index (κ1) is 15.0. The van der Waals surface area contributed by atoms with Crippen LogP contribution in [0.3, 0.4) is 0 Å². The van der Waals surface area contributed by atoms with E-state index in [1.165, 1.54) is 6.07 Å². The van der Waals surface area contributed by atoms with E-state index in [-0.39, 0.29) is 18.4 Å². The van der Waals surface area contributed by atoms with Gasteiger partial charge in [0.25, 0.3) is 0 Å². The van der Waals surface area contributed by atoms with Crippen LogP contribution in [0.25, 0.3) is 11.0 Å². The lowest BCUT2D eigenvalue weighted by atomic mass is 10.2. The number of hydrogen-bond acceptors (Lipinski definition) is 2. The van der Waals surface area contributed by atoms with Crippen molar-refractivity contribution in [1.82, 2.24) is 20.2 Å². The van der Waals surface area contributed by atoms with E-state index >= 15 is 0 Å². The molecule has 1 heterocycles. The Morgan fingerprint density at radius 1 is 1.09 bits per heavy atom. The van der Waals surface area contributed by atoms with Gasteiger partial charge in [-0.25, -0.2) is 14.2 Å². The Hall–Kier alpha value is -2.89. The molecule has 0 aliphatic rings. The number of nitrogens with zero attached hydrogens (tertiary/aromatic N) is 2. The molecule has 0 saturated carbocycles. The first-order valence-corrected chi connectivity index (χ1v) is 7.30. The third-order valence-corrected chi connectivity index (χ3v) is 3.68. The van der Waals surface area contributed by atoms with Gasteiger partial charge in [0.05, 0.1) is 17.6 Å². The summed E-state index contributed by atoms with van der Waals surface area (Å²) in [6, 6.07) is 13.8. The molecule has 6 heteroatoms. The largest absolute Gasteiger partial charge is 0.334 e. The van der Waals surface area contributed by atoms with Gasteiger partial charge in [-0.2, -0.15) is 0 Å². The Labute approximate surface area is 133 Å². The van der Waals surface area contributed by atoms with Crippen molar-refractivity contribution in [1.29, 1.82) is 0 Å². The average Bonchev–Trinajstić information content (AvgIpc) is 2.89. The van der Waals surface area contributed by atoms with Crippen molar-refractivity contribution >= 4 is 17.1 Å². The summed E-state index contributed by atoms with van der Waals surface area (Å²) in [7, 11) is 1.91. The Morgan fingerprint density at radius 2 is 1.78 bits per heavy atom. The summed E-state index contributed by atoms with van der Waals surface area (Å²) in [4.78, 5) is 16.3. The first-order chi connectivity index (χ1) is 11.1. The van der Waals surface area contributed by atoms with E-state index in [9.17, 15) is 9.18 Å². The van der Waals surface area contributed by atoms with Crippen LogP contribution in [0.5, 0.6) is 0 Å². The van der Waals surface area contributed by atoms with Crippen LogP contribution >= 0.6 is 0 Å². The smallest absolute Gasteiger partial charge is 0.315 e. The van der Waals surface area contributed by atoms with Crippen LogP contribution in [0.1, 0.15) is 11.4 Å². The fraction of sp³-hybridized carbons (Fsp3) is 0.176. The number of fused-ring (bicyclic) bond motifs is 1. The van der Waals surface area contributed by atoms with Crippen molar-refractivity contribution in [2.45, 2.75) is 13.1 Å². The van der Waals surface area contributed by atoms with Gasteiger partial charge >= 0.3 is 6.03 Å². The number of benzene rings is 2. The Kier molecular flexibility index (Phi) is 4.23. The van der Waals surface area contributed by atoms with Gasteiger partial charge in [-0.3, -0.25) is 0 Å². The third kappa shape index (κ3) is 3.31. The molecule has 118 valence electrons. The Balaban J connectivity index is 1.58. The zero-order chi connectivity index (χ0) is 16.2. The number of para-hydroxylation sites is 2. The van der Waals surface area contributed by atoms with E-state index in [0.717, 1.165) is 16.9 Å². The van der Waals surface area contributed by atoms with E-state index in [0.29, 0.717) is 12.1 Å². The number of nitrogens with one attached hydrogen (secondary N) is 2. The van der Waals surface area contributed by atoms with Crippen LogP contribution in [0.15, 0.2) is 48.5 Å². The maximum atomic E-state index is 13.5. The lowest BCUT2D eigenvalue weighted by Crippen LogP contribution is -2.35. The number of imidazole rings is 1. The molecular weight excluding hydrogens is 295 g/mol. The molecule has 2 aromatic carbocycles. The number of hydrogen-bond donors (Lipinski definition) is 2. The topological polar surface area (TPSA) is 59.0 Å². The van der Waals surface area contributed by atoms with E-state index in [4.69, 9.17) is 0 Å². The van der Waals surface area contributed by atoms with Crippen molar-refractivity contribution in [3.63, 3.8) is 0 Å². The number of aromatic nitrogens is 2. The fourth-order valence-electron chi connectivity index (χ4n) is 2.39. The van der Waals surface area contributed by atoms with Crippen LogP contribution < -0.4 is 10.6 Å². The molecule has 0 aliphatic carbocycles. The monoisotopic (exact) mass is 312 g/mol. The summed E-state index contributed by atoms with van der Waals surface area (Å²) < 4.78 is 15.4. The van der Waals surface area contributed by atoms with Crippen molar-refractivity contribution in [2.75, 3.05) is 0 Å². The van der Waals surface area contributed by atoms with E-state index < -0.39 is 0 Å². The van der Waals surface area contributed by atoms with Crippen molar-refractivity contribution in [3.8, 4) is 0 Å². The van der Waals surface area contributed by atoms with Crippen LogP contribution in [0.4, 0.5) is 9.18 Å². The normalized spacial score (nSPS) is 10.7. The molecule has 2 N–H and O–H groups in total. The highest BCUT2D eigenvalue weighted by Gasteiger charge is 2.09. The molecule has 1 aromatic heterocycles. The first-order valence-electron chi connectivity index (χ1n) is 7.30. The molecule has 0 fully saturated rings. The SMILES string of the molecule is Cn1c(CNC(=O)NCc2ccccc2F)nc2ccccc21. The Morgan fingerprint density at radius 3 is 2.57 bits per heavy atom. The lowest BCUT2D eigenvalue weighted by Gasteiger charge is -2.08. The minimum absolute atomic E-state index is 0.140. The molecule has 0 bridgehead atoms. The second kappa shape index (κ2) is 6.48. The molecule has 0 radical (unpaired) electrons. The number of halogens is 1. The second-order valence-corrected chi connectivity index (χ2v) is 5.20. The van der Waals surface area contributed by atoms with Gasteiger partial charge in [-0.15, -0.1) is 0 Å². The highest BCUT2D eigenvalue weighted by Crippen LogP contribution is 2.13. The van der Waals surface area contributed by atoms with Crippen molar-refractivity contribution in [3.05, 3.63) is 65.7 Å². The highest BCUT2D eigenvalue weighted by atomic mass is 19.1. The van der Waals surface area contributed by atoms with Crippen molar-refractivity contribution < 1.29 is 9.18 Å². The lowest BCUT2D eigenvalue weighted by molar-refractivity contribution is 0.239. The standard InChI is InChI=1S/C17H17FN4O/c1-22-15-9-5-4-8-14(15)21-16(22)11-20-17(23)19-10-12-6-2-3-7-13(12)18/h2-9H,10-11H2,1H3,(H2,19,20,23). The molecular formula is C17H17FN4O. The number of aryl methyl sites for hydroxylation is 1. The van der Waals surface area contributed by atoms with Gasteiger partial charge in [-0.05, 0) is 18.2 Å². The van der Waals surface area contributed by atoms with E-state index in [1.807, 2.05) is 35.9 Å². The predicted molar refractivity (Wildman–Crippen MR) is 86.2 cm³/mol. The maximum Gasteiger partial charge on any atom is 0.315 e. The minimum Gasteiger partial charge on any atom is -0.334 e. The van der Waals surface area contributed by atoms with E-state index in [1.54, 1.807) is 18.2 Å². The molecule has 3 aromatic rings. The molecule has 0 spiro atoms. The number of amides is 2. The summed E-state index contributed by atoms with van der Waals surface area (Å²) in [5.74, 6) is 0.426. The highest BCUT2D eigenvalue weighted by molar-refractivity contribution is 5.76. The molecule has 0 unspecified atom stereocenters. The molecule has 5 nitrogen and oxygen atoms in total. The zero-order valence-corrected chi connectivity index (χ0v) is 12.7. The molecule has 0 aliphatic heterocycles. The predicted octanol–water partition coefficient (Wildman–Crippen LogP) is 2.71. The van der Waals surface area contributed by atoms with Crippen LogP contribution in [-0.4, -0.2) is 15.6 Å². The second-order valence-electron chi connectivity index (χ2n) is 5.20. The molecule has 3 rings (SSSR count). The summed E-state index contributed by atoms with van der Waals surface area (Å²) >= 11 is 0. The van der Waals surface area contributed by atoms with Crippen LogP contribution in [0, 0.1) is 5.82 Å². The average molecular weight is 312 g/mol.